The zero-order valence-corrected chi connectivity index (χ0v) is 16.8. The number of amides is 1. The highest BCUT2D eigenvalue weighted by Gasteiger charge is 2.29. The predicted molar refractivity (Wildman–Crippen MR) is 112 cm³/mol. The SMILES string of the molecule is O=C(c1cc(-c2ccccc2F)on1)N(CC1CCCO1)c1nc2ccccc2s1. The summed E-state index contributed by atoms with van der Waals surface area (Å²) >= 11 is 1.44. The number of benzene rings is 2. The highest BCUT2D eigenvalue weighted by Crippen LogP contribution is 2.31. The van der Waals surface area contributed by atoms with Gasteiger partial charge in [0, 0.05) is 12.7 Å². The molecular weight excluding hydrogens is 405 g/mol. The molecule has 1 saturated heterocycles. The van der Waals surface area contributed by atoms with Crippen molar-refractivity contribution in [3.8, 4) is 11.3 Å². The normalized spacial score (nSPS) is 16.2. The highest BCUT2D eigenvalue weighted by atomic mass is 32.1. The van der Waals surface area contributed by atoms with Crippen molar-refractivity contribution in [2.45, 2.75) is 18.9 Å². The molecule has 0 radical (unpaired) electrons. The van der Waals surface area contributed by atoms with Crippen molar-refractivity contribution in [1.29, 1.82) is 0 Å². The maximum atomic E-state index is 14.1. The summed E-state index contributed by atoms with van der Waals surface area (Å²) in [5, 5.41) is 4.49. The Balaban J connectivity index is 1.49. The van der Waals surface area contributed by atoms with Gasteiger partial charge in [-0.3, -0.25) is 9.69 Å². The zero-order valence-electron chi connectivity index (χ0n) is 16.0. The molecular formula is C22H18FN3O3S. The first kappa shape index (κ1) is 18.9. The predicted octanol–water partition coefficient (Wildman–Crippen LogP) is 4.92. The first-order valence-electron chi connectivity index (χ1n) is 9.70. The first-order valence-corrected chi connectivity index (χ1v) is 10.5. The molecule has 152 valence electrons. The quantitative estimate of drug-likeness (QED) is 0.456. The lowest BCUT2D eigenvalue weighted by molar-refractivity contribution is 0.0910. The molecule has 8 heteroatoms. The molecule has 1 amide bonds. The number of halogens is 1. The van der Waals surface area contributed by atoms with E-state index in [0.717, 1.165) is 23.1 Å². The van der Waals surface area contributed by atoms with Gasteiger partial charge in [-0.1, -0.05) is 40.8 Å². The number of fused-ring (bicyclic) bond motifs is 1. The molecule has 30 heavy (non-hydrogen) atoms. The third-order valence-corrected chi connectivity index (χ3v) is 6.10. The summed E-state index contributed by atoms with van der Waals surface area (Å²) in [6, 6.07) is 15.4. The number of rotatable bonds is 5. The maximum absolute atomic E-state index is 14.1. The second-order valence-corrected chi connectivity index (χ2v) is 8.08. The number of hydrogen-bond acceptors (Lipinski definition) is 6. The summed E-state index contributed by atoms with van der Waals surface area (Å²) in [7, 11) is 0. The van der Waals surface area contributed by atoms with Gasteiger partial charge in [0.2, 0.25) is 0 Å². The van der Waals surface area contributed by atoms with Crippen LogP contribution in [0.15, 0.2) is 59.1 Å². The molecule has 0 aliphatic carbocycles. The minimum absolute atomic E-state index is 0.0566. The fraction of sp³-hybridized carbons (Fsp3) is 0.227. The van der Waals surface area contributed by atoms with Gasteiger partial charge in [-0.05, 0) is 37.1 Å². The second kappa shape index (κ2) is 7.97. The summed E-state index contributed by atoms with van der Waals surface area (Å²) in [6.45, 7) is 1.06. The molecule has 0 spiro atoms. The van der Waals surface area contributed by atoms with Crippen molar-refractivity contribution in [3.63, 3.8) is 0 Å². The highest BCUT2D eigenvalue weighted by molar-refractivity contribution is 7.22. The Kier molecular flexibility index (Phi) is 5.02. The van der Waals surface area contributed by atoms with Crippen molar-refractivity contribution in [3.05, 3.63) is 66.1 Å². The van der Waals surface area contributed by atoms with Crippen LogP contribution in [0.4, 0.5) is 9.52 Å². The van der Waals surface area contributed by atoms with E-state index in [1.165, 1.54) is 23.5 Å². The van der Waals surface area contributed by atoms with E-state index in [9.17, 15) is 9.18 Å². The van der Waals surface area contributed by atoms with Crippen molar-refractivity contribution >= 4 is 32.6 Å². The Morgan fingerprint density at radius 1 is 1.20 bits per heavy atom. The number of ether oxygens (including phenoxy) is 1. The number of aromatic nitrogens is 2. The molecule has 0 N–H and O–H groups in total. The van der Waals surface area contributed by atoms with Crippen LogP contribution in [0.5, 0.6) is 0 Å². The van der Waals surface area contributed by atoms with Gasteiger partial charge < -0.3 is 9.26 Å². The molecule has 5 rings (SSSR count). The van der Waals surface area contributed by atoms with Crippen molar-refractivity contribution in [2.24, 2.45) is 0 Å². The van der Waals surface area contributed by atoms with E-state index in [0.29, 0.717) is 18.3 Å². The summed E-state index contributed by atoms with van der Waals surface area (Å²) in [5.74, 6) is -0.580. The molecule has 1 aliphatic heterocycles. The number of carbonyl (C=O) groups is 1. The fourth-order valence-electron chi connectivity index (χ4n) is 3.52. The average molecular weight is 423 g/mol. The summed E-state index contributed by atoms with van der Waals surface area (Å²) in [6.07, 6.45) is 1.79. The Bertz CT molecular complexity index is 1170. The number of thiazole rings is 1. The number of hydrogen-bond donors (Lipinski definition) is 0. The lowest BCUT2D eigenvalue weighted by atomic mass is 10.1. The van der Waals surface area contributed by atoms with Gasteiger partial charge in [0.25, 0.3) is 5.91 Å². The molecule has 1 fully saturated rings. The third-order valence-electron chi connectivity index (χ3n) is 5.04. The minimum Gasteiger partial charge on any atom is -0.376 e. The van der Waals surface area contributed by atoms with Gasteiger partial charge in [0.15, 0.2) is 16.6 Å². The monoisotopic (exact) mass is 423 g/mol. The molecule has 1 atom stereocenters. The molecule has 4 aromatic rings. The van der Waals surface area contributed by atoms with Crippen molar-refractivity contribution < 1.29 is 18.4 Å². The minimum atomic E-state index is -0.435. The Hall–Kier alpha value is -3.10. The Morgan fingerprint density at radius 2 is 2.03 bits per heavy atom. The molecule has 2 aromatic heterocycles. The summed E-state index contributed by atoms with van der Waals surface area (Å²) in [4.78, 5) is 19.6. The molecule has 3 heterocycles. The lowest BCUT2D eigenvalue weighted by Gasteiger charge is -2.21. The number of nitrogens with zero attached hydrogens (tertiary/aromatic N) is 3. The Labute approximate surface area is 175 Å². The van der Waals surface area contributed by atoms with E-state index >= 15 is 0 Å². The molecule has 2 aromatic carbocycles. The van der Waals surface area contributed by atoms with Crippen LogP contribution in [0.25, 0.3) is 21.5 Å². The molecule has 1 unspecified atom stereocenters. The topological polar surface area (TPSA) is 68.5 Å². The van der Waals surface area contributed by atoms with Crippen LogP contribution in [0.3, 0.4) is 0 Å². The van der Waals surface area contributed by atoms with E-state index in [1.54, 1.807) is 23.1 Å². The maximum Gasteiger partial charge on any atom is 0.282 e. The van der Waals surface area contributed by atoms with E-state index in [2.05, 4.69) is 10.1 Å². The molecule has 0 bridgehead atoms. The van der Waals surface area contributed by atoms with Gasteiger partial charge >= 0.3 is 0 Å². The summed E-state index contributed by atoms with van der Waals surface area (Å²) < 4.78 is 26.1. The first-order chi connectivity index (χ1) is 14.7. The van der Waals surface area contributed by atoms with Gasteiger partial charge in [-0.15, -0.1) is 0 Å². The summed E-state index contributed by atoms with van der Waals surface area (Å²) in [5.41, 5.74) is 1.19. The lowest BCUT2D eigenvalue weighted by Crippen LogP contribution is -2.37. The van der Waals surface area contributed by atoms with Gasteiger partial charge in [0.1, 0.15) is 5.82 Å². The van der Waals surface area contributed by atoms with Crippen LogP contribution >= 0.6 is 11.3 Å². The average Bonchev–Trinajstić information content (AvgIpc) is 3.52. The van der Waals surface area contributed by atoms with E-state index < -0.39 is 5.82 Å². The molecule has 0 saturated carbocycles. The van der Waals surface area contributed by atoms with Crippen molar-refractivity contribution in [1.82, 2.24) is 10.1 Å². The van der Waals surface area contributed by atoms with Crippen LogP contribution < -0.4 is 4.90 Å². The second-order valence-electron chi connectivity index (χ2n) is 7.07. The number of anilines is 1. The van der Waals surface area contributed by atoms with Crippen molar-refractivity contribution in [2.75, 3.05) is 18.1 Å². The van der Waals surface area contributed by atoms with E-state index in [4.69, 9.17) is 9.26 Å². The largest absolute Gasteiger partial charge is 0.376 e. The van der Waals surface area contributed by atoms with Crippen LogP contribution in [-0.2, 0) is 4.74 Å². The molecule has 1 aliphatic rings. The van der Waals surface area contributed by atoms with Crippen LogP contribution in [0.2, 0.25) is 0 Å². The van der Waals surface area contributed by atoms with Crippen LogP contribution in [0.1, 0.15) is 23.3 Å². The number of carbonyl (C=O) groups excluding carboxylic acids is 1. The van der Waals surface area contributed by atoms with Gasteiger partial charge in [-0.25, -0.2) is 9.37 Å². The van der Waals surface area contributed by atoms with E-state index in [1.807, 2.05) is 24.3 Å². The van der Waals surface area contributed by atoms with Gasteiger partial charge in [-0.2, -0.15) is 0 Å². The van der Waals surface area contributed by atoms with Crippen LogP contribution in [0, 0.1) is 5.82 Å². The zero-order chi connectivity index (χ0) is 20.5. The van der Waals surface area contributed by atoms with E-state index in [-0.39, 0.29) is 29.0 Å². The number of para-hydroxylation sites is 1. The van der Waals surface area contributed by atoms with Crippen LogP contribution in [-0.4, -0.2) is 35.3 Å². The molecule has 6 nitrogen and oxygen atoms in total. The Morgan fingerprint density at radius 3 is 2.83 bits per heavy atom. The third kappa shape index (κ3) is 3.59. The fourth-order valence-corrected chi connectivity index (χ4v) is 4.49. The standard InChI is InChI=1S/C22H18FN3O3S/c23-16-8-2-1-7-15(16)19-12-18(25-29-19)21(27)26(13-14-6-5-11-28-14)22-24-17-9-3-4-10-20(17)30-22/h1-4,7-10,12,14H,5-6,11,13H2. The van der Waals surface area contributed by atoms with Gasteiger partial charge in [0.05, 0.1) is 28.4 Å². The smallest absolute Gasteiger partial charge is 0.282 e.